The standard InChI is InChI=1S/C9H12N4O/c1-7-2-3-8-11-13(5-4-10)9(14)12(8)6-7/h2-3,6H,4-5,10H2,1H3. The maximum Gasteiger partial charge on any atom is 0.350 e. The lowest BCUT2D eigenvalue weighted by atomic mass is 10.3. The molecule has 74 valence electrons. The Labute approximate surface area is 80.8 Å². The summed E-state index contributed by atoms with van der Waals surface area (Å²) in [5.74, 6) is 0. The van der Waals surface area contributed by atoms with Gasteiger partial charge in [-0.15, -0.1) is 5.10 Å². The number of pyridine rings is 1. The third kappa shape index (κ3) is 1.31. The zero-order valence-corrected chi connectivity index (χ0v) is 7.97. The van der Waals surface area contributed by atoms with Crippen LogP contribution < -0.4 is 11.4 Å². The summed E-state index contributed by atoms with van der Waals surface area (Å²) >= 11 is 0. The Balaban J connectivity index is 2.68. The molecule has 0 unspecified atom stereocenters. The number of nitrogens with zero attached hydrogens (tertiary/aromatic N) is 3. The molecule has 2 heterocycles. The maximum absolute atomic E-state index is 11.7. The van der Waals surface area contributed by atoms with E-state index in [0.29, 0.717) is 18.7 Å². The minimum absolute atomic E-state index is 0.130. The van der Waals surface area contributed by atoms with Crippen molar-refractivity contribution in [2.24, 2.45) is 5.73 Å². The smallest absolute Gasteiger partial charge is 0.329 e. The molecule has 0 amide bonds. The average molecular weight is 192 g/mol. The van der Waals surface area contributed by atoms with Crippen molar-refractivity contribution in [3.63, 3.8) is 0 Å². The molecular weight excluding hydrogens is 180 g/mol. The zero-order valence-electron chi connectivity index (χ0n) is 7.97. The lowest BCUT2D eigenvalue weighted by molar-refractivity contribution is 0.602. The molecule has 0 aliphatic rings. The molecule has 0 fully saturated rings. The first-order valence-electron chi connectivity index (χ1n) is 4.48. The van der Waals surface area contributed by atoms with E-state index in [1.807, 2.05) is 19.1 Å². The molecule has 0 saturated carbocycles. The summed E-state index contributed by atoms with van der Waals surface area (Å²) < 4.78 is 2.92. The van der Waals surface area contributed by atoms with Crippen LogP contribution >= 0.6 is 0 Å². The molecule has 2 rings (SSSR count). The highest BCUT2D eigenvalue weighted by atomic mass is 16.2. The van der Waals surface area contributed by atoms with E-state index in [-0.39, 0.29) is 5.69 Å². The predicted octanol–water partition coefficient (Wildman–Crippen LogP) is -0.237. The van der Waals surface area contributed by atoms with Gasteiger partial charge in [-0.1, -0.05) is 6.07 Å². The third-order valence-corrected chi connectivity index (χ3v) is 2.07. The van der Waals surface area contributed by atoms with Crippen LogP contribution in [0.2, 0.25) is 0 Å². The van der Waals surface area contributed by atoms with Gasteiger partial charge in [-0.3, -0.25) is 4.40 Å². The van der Waals surface area contributed by atoms with Gasteiger partial charge in [0.05, 0.1) is 6.54 Å². The normalized spacial score (nSPS) is 11.0. The summed E-state index contributed by atoms with van der Waals surface area (Å²) in [4.78, 5) is 11.7. The second-order valence-electron chi connectivity index (χ2n) is 3.23. The fraction of sp³-hybridized carbons (Fsp3) is 0.333. The van der Waals surface area contributed by atoms with E-state index < -0.39 is 0 Å². The first-order chi connectivity index (χ1) is 6.72. The molecule has 5 heteroatoms. The number of fused-ring (bicyclic) bond motifs is 1. The van der Waals surface area contributed by atoms with Crippen LogP contribution in [0.25, 0.3) is 5.65 Å². The largest absolute Gasteiger partial charge is 0.350 e. The average Bonchev–Trinajstić information content (AvgIpc) is 2.46. The van der Waals surface area contributed by atoms with Crippen molar-refractivity contribution in [2.45, 2.75) is 13.5 Å². The fourth-order valence-corrected chi connectivity index (χ4v) is 1.39. The number of rotatable bonds is 2. The first kappa shape index (κ1) is 8.96. The van der Waals surface area contributed by atoms with Gasteiger partial charge in [-0.05, 0) is 18.6 Å². The number of nitrogens with two attached hydrogens (primary N) is 1. The van der Waals surface area contributed by atoms with Crippen LogP contribution in [0.4, 0.5) is 0 Å². The highest BCUT2D eigenvalue weighted by Gasteiger charge is 2.04. The molecule has 0 saturated heterocycles. The van der Waals surface area contributed by atoms with E-state index in [0.717, 1.165) is 5.56 Å². The molecule has 2 aromatic rings. The Kier molecular flexibility index (Phi) is 2.09. The second-order valence-corrected chi connectivity index (χ2v) is 3.23. The van der Waals surface area contributed by atoms with E-state index in [4.69, 9.17) is 5.73 Å². The summed E-state index contributed by atoms with van der Waals surface area (Å²) in [6, 6.07) is 3.75. The van der Waals surface area contributed by atoms with E-state index >= 15 is 0 Å². The van der Waals surface area contributed by atoms with Crippen molar-refractivity contribution in [1.82, 2.24) is 14.2 Å². The van der Waals surface area contributed by atoms with Gasteiger partial charge >= 0.3 is 5.69 Å². The molecule has 0 aliphatic heterocycles. The first-order valence-corrected chi connectivity index (χ1v) is 4.48. The van der Waals surface area contributed by atoms with Crippen LogP contribution in [0.1, 0.15) is 5.56 Å². The van der Waals surface area contributed by atoms with E-state index in [1.54, 1.807) is 6.20 Å². The molecule has 0 radical (unpaired) electrons. The van der Waals surface area contributed by atoms with Gasteiger partial charge in [-0.25, -0.2) is 9.48 Å². The third-order valence-electron chi connectivity index (χ3n) is 2.07. The van der Waals surface area contributed by atoms with Crippen molar-refractivity contribution in [3.8, 4) is 0 Å². The van der Waals surface area contributed by atoms with Crippen molar-refractivity contribution >= 4 is 5.65 Å². The zero-order chi connectivity index (χ0) is 10.1. The maximum atomic E-state index is 11.7. The molecule has 0 bridgehead atoms. The Morgan fingerprint density at radius 1 is 1.50 bits per heavy atom. The SMILES string of the molecule is Cc1ccc2nn(CCN)c(=O)n2c1. The molecule has 2 aromatic heterocycles. The van der Waals surface area contributed by atoms with Crippen molar-refractivity contribution in [2.75, 3.05) is 6.54 Å². The molecule has 2 N–H and O–H groups in total. The number of hydrogen-bond acceptors (Lipinski definition) is 3. The van der Waals surface area contributed by atoms with Crippen LogP contribution in [0.3, 0.4) is 0 Å². The summed E-state index contributed by atoms with van der Waals surface area (Å²) in [7, 11) is 0. The van der Waals surface area contributed by atoms with E-state index in [2.05, 4.69) is 5.10 Å². The molecule has 14 heavy (non-hydrogen) atoms. The summed E-state index contributed by atoms with van der Waals surface area (Å²) in [6.45, 7) is 2.81. The topological polar surface area (TPSA) is 65.3 Å². The van der Waals surface area contributed by atoms with Crippen LogP contribution in [-0.4, -0.2) is 20.7 Å². The highest BCUT2D eigenvalue weighted by molar-refractivity contribution is 5.37. The summed E-state index contributed by atoms with van der Waals surface area (Å²) in [6.07, 6.45) is 1.78. The molecule has 0 aliphatic carbocycles. The Morgan fingerprint density at radius 3 is 3.00 bits per heavy atom. The number of hydrogen-bond donors (Lipinski definition) is 1. The lowest BCUT2D eigenvalue weighted by Gasteiger charge is -1.92. The van der Waals surface area contributed by atoms with Gasteiger partial charge in [0.1, 0.15) is 0 Å². The minimum atomic E-state index is -0.130. The Hall–Kier alpha value is -1.62. The van der Waals surface area contributed by atoms with Crippen molar-refractivity contribution in [3.05, 3.63) is 34.4 Å². The molecule has 0 aromatic carbocycles. The van der Waals surface area contributed by atoms with E-state index in [1.165, 1.54) is 9.08 Å². The fourth-order valence-electron chi connectivity index (χ4n) is 1.39. The Morgan fingerprint density at radius 2 is 2.29 bits per heavy atom. The lowest BCUT2D eigenvalue weighted by Crippen LogP contribution is -2.24. The monoisotopic (exact) mass is 192 g/mol. The molecular formula is C9H12N4O. The van der Waals surface area contributed by atoms with Crippen LogP contribution in [-0.2, 0) is 6.54 Å². The second kappa shape index (κ2) is 3.26. The summed E-state index contributed by atoms with van der Waals surface area (Å²) in [5, 5.41) is 4.13. The van der Waals surface area contributed by atoms with Crippen LogP contribution in [0.15, 0.2) is 23.1 Å². The van der Waals surface area contributed by atoms with Gasteiger partial charge in [0.15, 0.2) is 5.65 Å². The quantitative estimate of drug-likeness (QED) is 0.714. The minimum Gasteiger partial charge on any atom is -0.329 e. The number of aryl methyl sites for hydroxylation is 1. The van der Waals surface area contributed by atoms with Crippen molar-refractivity contribution in [1.29, 1.82) is 0 Å². The van der Waals surface area contributed by atoms with Gasteiger partial charge in [0.2, 0.25) is 0 Å². The molecule has 0 spiro atoms. The van der Waals surface area contributed by atoms with Crippen molar-refractivity contribution < 1.29 is 0 Å². The van der Waals surface area contributed by atoms with Gasteiger partial charge in [0.25, 0.3) is 0 Å². The number of aromatic nitrogens is 3. The van der Waals surface area contributed by atoms with Crippen LogP contribution in [0.5, 0.6) is 0 Å². The highest BCUT2D eigenvalue weighted by Crippen LogP contribution is 1.99. The predicted molar refractivity (Wildman–Crippen MR) is 53.2 cm³/mol. The van der Waals surface area contributed by atoms with Gasteiger partial charge < -0.3 is 5.73 Å². The van der Waals surface area contributed by atoms with Crippen LogP contribution in [0, 0.1) is 6.92 Å². The summed E-state index contributed by atoms with van der Waals surface area (Å²) in [5.41, 5.74) is 6.94. The molecule has 5 nitrogen and oxygen atoms in total. The van der Waals surface area contributed by atoms with Gasteiger partial charge in [0, 0.05) is 12.7 Å². The van der Waals surface area contributed by atoms with Gasteiger partial charge in [-0.2, -0.15) is 0 Å². The molecule has 0 atom stereocenters. The Bertz CT molecular complexity index is 511. The van der Waals surface area contributed by atoms with E-state index in [9.17, 15) is 4.79 Å².